The first kappa shape index (κ1) is 23.8. The van der Waals surface area contributed by atoms with E-state index in [9.17, 15) is 14.0 Å². The lowest BCUT2D eigenvalue weighted by Gasteiger charge is -2.20. The van der Waals surface area contributed by atoms with Crippen molar-refractivity contribution in [2.45, 2.75) is 19.4 Å². The highest BCUT2D eigenvalue weighted by molar-refractivity contribution is 5.80. The zero-order valence-electron chi connectivity index (χ0n) is 19.5. The molecule has 8 heteroatoms. The van der Waals surface area contributed by atoms with E-state index in [1.807, 2.05) is 30.3 Å². The lowest BCUT2D eigenvalue weighted by Crippen LogP contribution is -2.29. The zero-order valence-corrected chi connectivity index (χ0v) is 19.5. The molecule has 1 amide bonds. The summed E-state index contributed by atoms with van der Waals surface area (Å²) in [6.45, 7) is 1.95. The second-order valence-electron chi connectivity index (χ2n) is 8.15. The Hall–Kier alpha value is -4.33. The summed E-state index contributed by atoms with van der Waals surface area (Å²) in [7, 11) is 1.64. The van der Waals surface area contributed by atoms with Crippen molar-refractivity contribution < 1.29 is 9.18 Å². The number of carbonyl (C=O) groups excluding carboxylic acids is 1. The van der Waals surface area contributed by atoms with E-state index in [0.717, 1.165) is 11.1 Å². The average molecular weight is 472 g/mol. The number of rotatable bonds is 8. The Balaban J connectivity index is 1.67. The van der Waals surface area contributed by atoms with E-state index >= 15 is 0 Å². The standard InChI is InChI=1S/C27H26FN5O2/c1-18(34)31-23(19-6-4-3-5-7-19)14-17-30-27-32-25(21-12-15-29-16-13-21)24(26(35)33(27)2)20-8-10-22(28)11-9-20/h3-13,15-16,23H,14,17H2,1-2H3,(H,30,32)(H,31,34)/t23-/m0/s1. The smallest absolute Gasteiger partial charge is 0.263 e. The molecule has 0 spiro atoms. The molecule has 0 aliphatic heterocycles. The zero-order chi connectivity index (χ0) is 24.8. The summed E-state index contributed by atoms with van der Waals surface area (Å²) < 4.78 is 15.0. The van der Waals surface area contributed by atoms with Crippen LogP contribution < -0.4 is 16.2 Å². The van der Waals surface area contributed by atoms with Crippen molar-refractivity contribution in [2.75, 3.05) is 11.9 Å². The molecule has 0 aliphatic carbocycles. The lowest BCUT2D eigenvalue weighted by atomic mass is 10.0. The van der Waals surface area contributed by atoms with Gasteiger partial charge in [-0.3, -0.25) is 19.1 Å². The van der Waals surface area contributed by atoms with Crippen molar-refractivity contribution >= 4 is 11.9 Å². The lowest BCUT2D eigenvalue weighted by molar-refractivity contribution is -0.119. The third kappa shape index (κ3) is 5.60. The molecule has 0 aliphatic rings. The Morgan fingerprint density at radius 3 is 2.34 bits per heavy atom. The van der Waals surface area contributed by atoms with Crippen LogP contribution in [0.2, 0.25) is 0 Å². The fraction of sp³-hybridized carbons (Fsp3) is 0.185. The molecule has 2 aromatic carbocycles. The van der Waals surface area contributed by atoms with Gasteiger partial charge >= 0.3 is 0 Å². The second-order valence-corrected chi connectivity index (χ2v) is 8.15. The van der Waals surface area contributed by atoms with Gasteiger partial charge in [0.15, 0.2) is 0 Å². The maximum atomic E-state index is 13.5. The number of hydrogen-bond donors (Lipinski definition) is 2. The fourth-order valence-corrected chi connectivity index (χ4v) is 3.94. The highest BCUT2D eigenvalue weighted by Crippen LogP contribution is 2.29. The number of hydrogen-bond acceptors (Lipinski definition) is 5. The molecule has 0 unspecified atom stereocenters. The van der Waals surface area contributed by atoms with Gasteiger partial charge in [0.25, 0.3) is 5.56 Å². The van der Waals surface area contributed by atoms with E-state index < -0.39 is 0 Å². The van der Waals surface area contributed by atoms with E-state index in [1.54, 1.807) is 43.7 Å². The second kappa shape index (κ2) is 10.7. The number of benzene rings is 2. The highest BCUT2D eigenvalue weighted by Gasteiger charge is 2.19. The van der Waals surface area contributed by atoms with Gasteiger partial charge in [0.2, 0.25) is 11.9 Å². The first-order valence-electron chi connectivity index (χ1n) is 11.3. The average Bonchev–Trinajstić information content (AvgIpc) is 2.87. The third-order valence-corrected chi connectivity index (χ3v) is 5.67. The molecule has 0 radical (unpaired) electrons. The van der Waals surface area contributed by atoms with Crippen molar-refractivity contribution in [1.29, 1.82) is 0 Å². The predicted molar refractivity (Wildman–Crippen MR) is 134 cm³/mol. The number of carbonyl (C=O) groups is 1. The monoisotopic (exact) mass is 471 g/mol. The van der Waals surface area contributed by atoms with E-state index in [2.05, 4.69) is 15.6 Å². The maximum Gasteiger partial charge on any atom is 0.263 e. The van der Waals surface area contributed by atoms with Crippen LogP contribution in [-0.2, 0) is 11.8 Å². The predicted octanol–water partition coefficient (Wildman–Crippen LogP) is 4.33. The van der Waals surface area contributed by atoms with Crippen LogP contribution in [0.3, 0.4) is 0 Å². The summed E-state index contributed by atoms with van der Waals surface area (Å²) in [6, 6.07) is 18.9. The number of amides is 1. The van der Waals surface area contributed by atoms with Crippen LogP contribution in [0.4, 0.5) is 10.3 Å². The topological polar surface area (TPSA) is 88.9 Å². The Kier molecular flexibility index (Phi) is 7.30. The van der Waals surface area contributed by atoms with E-state index in [4.69, 9.17) is 4.98 Å². The summed E-state index contributed by atoms with van der Waals surface area (Å²) in [5.74, 6) is -0.107. The van der Waals surface area contributed by atoms with Crippen molar-refractivity contribution in [2.24, 2.45) is 7.05 Å². The maximum absolute atomic E-state index is 13.5. The van der Waals surface area contributed by atoms with Crippen LogP contribution in [0.15, 0.2) is 83.9 Å². The quantitative estimate of drug-likeness (QED) is 0.399. The number of pyridine rings is 1. The van der Waals surface area contributed by atoms with Crippen LogP contribution in [-0.4, -0.2) is 27.0 Å². The minimum atomic E-state index is -0.380. The summed E-state index contributed by atoms with van der Waals surface area (Å²) in [4.78, 5) is 34.0. The molecule has 0 saturated heterocycles. The number of anilines is 1. The van der Waals surface area contributed by atoms with Gasteiger partial charge in [-0.25, -0.2) is 9.37 Å². The Morgan fingerprint density at radius 1 is 1.00 bits per heavy atom. The molecule has 0 bridgehead atoms. The normalized spacial score (nSPS) is 11.6. The molecule has 35 heavy (non-hydrogen) atoms. The molecule has 7 nitrogen and oxygen atoms in total. The number of halogens is 1. The molecular formula is C27H26FN5O2. The SMILES string of the molecule is CC(=O)N[C@@H](CCNc1nc(-c2ccncc2)c(-c2ccc(F)cc2)c(=O)n1C)c1ccccc1. The van der Waals surface area contributed by atoms with Crippen LogP contribution in [0.25, 0.3) is 22.4 Å². The Morgan fingerprint density at radius 2 is 1.69 bits per heavy atom. The van der Waals surface area contributed by atoms with Gasteiger partial charge < -0.3 is 10.6 Å². The minimum Gasteiger partial charge on any atom is -0.355 e. The van der Waals surface area contributed by atoms with Gasteiger partial charge in [-0.1, -0.05) is 42.5 Å². The fourth-order valence-electron chi connectivity index (χ4n) is 3.94. The number of aromatic nitrogens is 3. The van der Waals surface area contributed by atoms with Crippen LogP contribution in [0.1, 0.15) is 24.9 Å². The van der Waals surface area contributed by atoms with Crippen LogP contribution in [0.5, 0.6) is 0 Å². The largest absolute Gasteiger partial charge is 0.355 e. The molecule has 178 valence electrons. The summed E-state index contributed by atoms with van der Waals surface area (Å²) in [6.07, 6.45) is 3.85. The van der Waals surface area contributed by atoms with Crippen LogP contribution >= 0.6 is 0 Å². The number of nitrogens with one attached hydrogen (secondary N) is 2. The minimum absolute atomic E-state index is 0.118. The summed E-state index contributed by atoms with van der Waals surface area (Å²) in [5.41, 5.74) is 2.89. The molecule has 2 aromatic heterocycles. The van der Waals surface area contributed by atoms with Gasteiger partial charge in [0.1, 0.15) is 5.82 Å². The Bertz CT molecular complexity index is 1360. The molecule has 4 rings (SSSR count). The molecular weight excluding hydrogens is 445 g/mol. The van der Waals surface area contributed by atoms with E-state index in [0.29, 0.717) is 35.7 Å². The molecule has 0 saturated carbocycles. The van der Waals surface area contributed by atoms with Gasteiger partial charge in [-0.15, -0.1) is 0 Å². The number of nitrogens with zero attached hydrogens (tertiary/aromatic N) is 3. The van der Waals surface area contributed by atoms with E-state index in [1.165, 1.54) is 23.6 Å². The third-order valence-electron chi connectivity index (χ3n) is 5.67. The first-order chi connectivity index (χ1) is 16.9. The highest BCUT2D eigenvalue weighted by atomic mass is 19.1. The van der Waals surface area contributed by atoms with Crippen molar-refractivity contribution in [1.82, 2.24) is 19.9 Å². The molecule has 2 N–H and O–H groups in total. The summed E-state index contributed by atoms with van der Waals surface area (Å²) in [5, 5.41) is 6.23. The molecule has 2 heterocycles. The van der Waals surface area contributed by atoms with Crippen molar-refractivity contribution in [3.8, 4) is 22.4 Å². The molecule has 4 aromatic rings. The van der Waals surface area contributed by atoms with Gasteiger partial charge in [0.05, 0.1) is 17.3 Å². The van der Waals surface area contributed by atoms with E-state index in [-0.39, 0.29) is 23.3 Å². The van der Waals surface area contributed by atoms with Crippen molar-refractivity contribution in [3.63, 3.8) is 0 Å². The van der Waals surface area contributed by atoms with Gasteiger partial charge in [-0.2, -0.15) is 0 Å². The van der Waals surface area contributed by atoms with Crippen LogP contribution in [0, 0.1) is 5.82 Å². The van der Waals surface area contributed by atoms with Gasteiger partial charge in [0, 0.05) is 38.5 Å². The van der Waals surface area contributed by atoms with Crippen molar-refractivity contribution in [3.05, 3.63) is 101 Å². The molecule has 0 fully saturated rings. The molecule has 1 atom stereocenters. The Labute approximate surface area is 202 Å². The van der Waals surface area contributed by atoms with Gasteiger partial charge in [-0.05, 0) is 41.8 Å². The first-order valence-corrected chi connectivity index (χ1v) is 11.3. The summed E-state index contributed by atoms with van der Waals surface area (Å²) >= 11 is 0.